The van der Waals surface area contributed by atoms with Crippen LogP contribution in [0, 0.1) is 4.77 Å². The molecule has 2 heterocycles. The Labute approximate surface area is 80.0 Å². The summed E-state index contributed by atoms with van der Waals surface area (Å²) in [5.41, 5.74) is 0.972. The molecule has 5 nitrogen and oxygen atoms in total. The van der Waals surface area contributed by atoms with Gasteiger partial charge in [-0.05, 0) is 18.3 Å². The standard InChI is InChI=1S/C7H9N5S/c1-11-3-2-6(10-11)4-12-5-8-9-7(12)13/h2-3,5H,4H2,1H3,(H,9,13). The van der Waals surface area contributed by atoms with Crippen LogP contribution >= 0.6 is 12.2 Å². The number of nitrogens with one attached hydrogen (secondary N) is 1. The van der Waals surface area contributed by atoms with Crippen molar-refractivity contribution in [3.63, 3.8) is 0 Å². The largest absolute Gasteiger partial charge is 0.301 e. The molecule has 0 aliphatic heterocycles. The van der Waals surface area contributed by atoms with E-state index in [4.69, 9.17) is 12.2 Å². The minimum atomic E-state index is 0.616. The molecule has 2 aromatic rings. The summed E-state index contributed by atoms with van der Waals surface area (Å²) < 4.78 is 4.21. The van der Waals surface area contributed by atoms with Gasteiger partial charge < -0.3 is 4.57 Å². The van der Waals surface area contributed by atoms with Gasteiger partial charge in [-0.2, -0.15) is 10.2 Å². The maximum absolute atomic E-state index is 5.00. The summed E-state index contributed by atoms with van der Waals surface area (Å²) in [6, 6.07) is 1.95. The molecule has 0 saturated carbocycles. The van der Waals surface area contributed by atoms with E-state index >= 15 is 0 Å². The van der Waals surface area contributed by atoms with E-state index in [9.17, 15) is 0 Å². The molecule has 6 heteroatoms. The molecule has 2 aromatic heterocycles. The molecule has 0 atom stereocenters. The number of aryl methyl sites for hydroxylation is 1. The van der Waals surface area contributed by atoms with Crippen molar-refractivity contribution in [3.8, 4) is 0 Å². The Hall–Kier alpha value is -1.43. The van der Waals surface area contributed by atoms with Crippen molar-refractivity contribution < 1.29 is 0 Å². The summed E-state index contributed by atoms with van der Waals surface area (Å²) >= 11 is 5.00. The first kappa shape index (κ1) is 8.18. The number of nitrogens with zero attached hydrogens (tertiary/aromatic N) is 4. The molecule has 0 radical (unpaired) electrons. The zero-order valence-electron chi connectivity index (χ0n) is 7.14. The van der Waals surface area contributed by atoms with Crippen molar-refractivity contribution in [2.24, 2.45) is 7.05 Å². The summed E-state index contributed by atoms with van der Waals surface area (Å²) in [6.45, 7) is 0.663. The van der Waals surface area contributed by atoms with Crippen LogP contribution in [0.3, 0.4) is 0 Å². The van der Waals surface area contributed by atoms with Crippen molar-refractivity contribution in [1.82, 2.24) is 24.5 Å². The van der Waals surface area contributed by atoms with Crippen molar-refractivity contribution in [1.29, 1.82) is 0 Å². The topological polar surface area (TPSA) is 51.4 Å². The van der Waals surface area contributed by atoms with Gasteiger partial charge >= 0.3 is 0 Å². The second kappa shape index (κ2) is 3.14. The van der Waals surface area contributed by atoms with E-state index in [-0.39, 0.29) is 0 Å². The van der Waals surface area contributed by atoms with Crippen molar-refractivity contribution in [3.05, 3.63) is 29.1 Å². The molecule has 0 bridgehead atoms. The molecular weight excluding hydrogens is 186 g/mol. The second-order valence-electron chi connectivity index (χ2n) is 2.77. The van der Waals surface area contributed by atoms with Crippen molar-refractivity contribution >= 4 is 12.2 Å². The molecule has 0 unspecified atom stereocenters. The summed E-state index contributed by atoms with van der Waals surface area (Å²) in [6.07, 6.45) is 3.57. The third-order valence-corrected chi connectivity index (χ3v) is 2.05. The van der Waals surface area contributed by atoms with Crippen LogP contribution in [0.25, 0.3) is 0 Å². The van der Waals surface area contributed by atoms with Gasteiger partial charge in [-0.1, -0.05) is 0 Å². The maximum atomic E-state index is 5.00. The van der Waals surface area contributed by atoms with Crippen LogP contribution in [0.4, 0.5) is 0 Å². The average Bonchev–Trinajstić information content (AvgIpc) is 2.64. The Morgan fingerprint density at radius 1 is 1.62 bits per heavy atom. The van der Waals surface area contributed by atoms with Gasteiger partial charge in [0.2, 0.25) is 0 Å². The van der Waals surface area contributed by atoms with Crippen LogP contribution in [-0.4, -0.2) is 24.5 Å². The smallest absolute Gasteiger partial charge is 0.195 e. The normalized spacial score (nSPS) is 10.5. The zero-order valence-corrected chi connectivity index (χ0v) is 7.95. The number of hydrogen-bond acceptors (Lipinski definition) is 3. The minimum Gasteiger partial charge on any atom is -0.301 e. The van der Waals surface area contributed by atoms with Gasteiger partial charge in [0.15, 0.2) is 4.77 Å². The van der Waals surface area contributed by atoms with Crippen LogP contribution < -0.4 is 0 Å². The summed E-state index contributed by atoms with van der Waals surface area (Å²) in [7, 11) is 1.89. The molecule has 0 amide bonds. The molecule has 0 aliphatic rings. The first-order valence-electron chi connectivity index (χ1n) is 3.84. The average molecular weight is 195 g/mol. The molecule has 0 aromatic carbocycles. The SMILES string of the molecule is Cn1ccc(Cn2cn[nH]c2=S)n1. The zero-order chi connectivity index (χ0) is 9.26. The fourth-order valence-corrected chi connectivity index (χ4v) is 1.27. The third-order valence-electron chi connectivity index (χ3n) is 1.72. The molecule has 0 saturated heterocycles. The molecular formula is C7H9N5S. The number of hydrogen-bond donors (Lipinski definition) is 1. The monoisotopic (exact) mass is 195 g/mol. The van der Waals surface area contributed by atoms with Crippen LogP contribution in [0.15, 0.2) is 18.6 Å². The van der Waals surface area contributed by atoms with Gasteiger partial charge in [0.25, 0.3) is 0 Å². The van der Waals surface area contributed by atoms with Gasteiger partial charge in [0.1, 0.15) is 6.33 Å². The number of aromatic nitrogens is 5. The fourth-order valence-electron chi connectivity index (χ4n) is 1.11. The van der Waals surface area contributed by atoms with Crippen LogP contribution in [-0.2, 0) is 13.6 Å². The lowest BCUT2D eigenvalue weighted by Crippen LogP contribution is -2.00. The molecule has 68 valence electrons. The second-order valence-corrected chi connectivity index (χ2v) is 3.16. The lowest BCUT2D eigenvalue weighted by atomic mass is 10.4. The Bertz CT molecular complexity index is 451. The predicted octanol–water partition coefficient (Wildman–Crippen LogP) is 0.722. The summed E-state index contributed by atoms with van der Waals surface area (Å²) in [4.78, 5) is 0. The van der Waals surface area contributed by atoms with Gasteiger partial charge in [-0.15, -0.1) is 0 Å². The molecule has 2 rings (SSSR count). The lowest BCUT2D eigenvalue weighted by Gasteiger charge is -1.95. The predicted molar refractivity (Wildman–Crippen MR) is 49.7 cm³/mol. The highest BCUT2D eigenvalue weighted by molar-refractivity contribution is 7.71. The van der Waals surface area contributed by atoms with Gasteiger partial charge in [-0.25, -0.2) is 0 Å². The fraction of sp³-hybridized carbons (Fsp3) is 0.286. The summed E-state index contributed by atoms with van der Waals surface area (Å²) in [5.74, 6) is 0. The Kier molecular flexibility index (Phi) is 1.97. The Morgan fingerprint density at radius 3 is 3.00 bits per heavy atom. The minimum absolute atomic E-state index is 0.616. The van der Waals surface area contributed by atoms with Crippen LogP contribution in [0.5, 0.6) is 0 Å². The van der Waals surface area contributed by atoms with E-state index in [2.05, 4.69) is 15.3 Å². The molecule has 0 spiro atoms. The Balaban J connectivity index is 2.24. The number of aromatic amines is 1. The lowest BCUT2D eigenvalue weighted by molar-refractivity contribution is 0.700. The van der Waals surface area contributed by atoms with E-state index in [1.165, 1.54) is 0 Å². The first-order valence-corrected chi connectivity index (χ1v) is 4.25. The van der Waals surface area contributed by atoms with Crippen LogP contribution in [0.2, 0.25) is 0 Å². The molecule has 1 N–H and O–H groups in total. The third kappa shape index (κ3) is 1.67. The summed E-state index contributed by atoms with van der Waals surface area (Å²) in [5, 5.41) is 10.7. The number of rotatable bonds is 2. The van der Waals surface area contributed by atoms with E-state index in [1.54, 1.807) is 11.0 Å². The number of H-pyrrole nitrogens is 1. The maximum Gasteiger partial charge on any atom is 0.195 e. The quantitative estimate of drug-likeness (QED) is 0.718. The first-order chi connectivity index (χ1) is 6.25. The van der Waals surface area contributed by atoms with Gasteiger partial charge in [0.05, 0.1) is 12.2 Å². The highest BCUT2D eigenvalue weighted by Crippen LogP contribution is 1.98. The van der Waals surface area contributed by atoms with Gasteiger partial charge in [-0.3, -0.25) is 9.78 Å². The highest BCUT2D eigenvalue weighted by atomic mass is 32.1. The molecule has 0 fully saturated rings. The van der Waals surface area contributed by atoms with E-state index < -0.39 is 0 Å². The van der Waals surface area contributed by atoms with Crippen molar-refractivity contribution in [2.75, 3.05) is 0 Å². The highest BCUT2D eigenvalue weighted by Gasteiger charge is 1.98. The van der Waals surface area contributed by atoms with Crippen LogP contribution in [0.1, 0.15) is 5.69 Å². The van der Waals surface area contributed by atoms with E-state index in [0.717, 1.165) is 5.69 Å². The van der Waals surface area contributed by atoms with Crippen molar-refractivity contribution in [2.45, 2.75) is 6.54 Å². The van der Waals surface area contributed by atoms with E-state index in [0.29, 0.717) is 11.3 Å². The molecule has 13 heavy (non-hydrogen) atoms. The Morgan fingerprint density at radius 2 is 2.46 bits per heavy atom. The van der Waals surface area contributed by atoms with Gasteiger partial charge in [0, 0.05) is 13.2 Å². The van der Waals surface area contributed by atoms with E-state index in [1.807, 2.05) is 23.9 Å². The molecule has 0 aliphatic carbocycles.